The van der Waals surface area contributed by atoms with Gasteiger partial charge in [-0.2, -0.15) is 0 Å². The SMILES string of the molecule is O=C(Nc1cc(F)cc(F)c1)[C@@H]1CCCCN1CCC1OCCO1. The van der Waals surface area contributed by atoms with Crippen molar-refractivity contribution in [3.05, 3.63) is 29.8 Å². The van der Waals surface area contributed by atoms with Crippen molar-refractivity contribution < 1.29 is 23.0 Å². The molecule has 2 saturated heterocycles. The lowest BCUT2D eigenvalue weighted by molar-refractivity contribution is -0.123. The van der Waals surface area contributed by atoms with Gasteiger partial charge in [0.1, 0.15) is 11.6 Å². The van der Waals surface area contributed by atoms with E-state index in [0.29, 0.717) is 26.2 Å². The fourth-order valence-electron chi connectivity index (χ4n) is 3.25. The van der Waals surface area contributed by atoms with E-state index < -0.39 is 11.6 Å². The molecule has 1 aromatic rings. The third kappa shape index (κ3) is 4.49. The minimum absolute atomic E-state index is 0.144. The molecule has 0 bridgehead atoms. The maximum absolute atomic E-state index is 13.3. The lowest BCUT2D eigenvalue weighted by Gasteiger charge is -2.35. The maximum Gasteiger partial charge on any atom is 0.241 e. The summed E-state index contributed by atoms with van der Waals surface area (Å²) in [6.07, 6.45) is 3.23. The predicted octanol–water partition coefficient (Wildman–Crippen LogP) is 2.52. The molecule has 2 heterocycles. The predicted molar refractivity (Wildman–Crippen MR) is 84.5 cm³/mol. The van der Waals surface area contributed by atoms with Crippen LogP contribution in [0.15, 0.2) is 18.2 Å². The zero-order valence-electron chi connectivity index (χ0n) is 13.5. The molecule has 7 heteroatoms. The second kappa shape index (κ2) is 8.00. The van der Waals surface area contributed by atoms with Gasteiger partial charge < -0.3 is 14.8 Å². The number of nitrogens with zero attached hydrogens (tertiary/aromatic N) is 1. The number of amides is 1. The van der Waals surface area contributed by atoms with Crippen LogP contribution in [0.1, 0.15) is 25.7 Å². The number of anilines is 1. The summed E-state index contributed by atoms with van der Waals surface area (Å²) < 4.78 is 37.4. The highest BCUT2D eigenvalue weighted by Gasteiger charge is 2.29. The number of hydrogen-bond donors (Lipinski definition) is 1. The molecule has 2 fully saturated rings. The number of likely N-dealkylation sites (tertiary alicyclic amines) is 1. The fourth-order valence-corrected chi connectivity index (χ4v) is 3.25. The Labute approximate surface area is 139 Å². The van der Waals surface area contributed by atoms with Gasteiger partial charge >= 0.3 is 0 Å². The van der Waals surface area contributed by atoms with Gasteiger partial charge in [-0.25, -0.2) is 8.78 Å². The van der Waals surface area contributed by atoms with Crippen molar-refractivity contribution in [2.45, 2.75) is 38.0 Å². The molecule has 0 aromatic heterocycles. The van der Waals surface area contributed by atoms with Gasteiger partial charge in [-0.3, -0.25) is 9.69 Å². The van der Waals surface area contributed by atoms with Gasteiger partial charge in [-0.15, -0.1) is 0 Å². The molecule has 2 aliphatic heterocycles. The molecule has 5 nitrogen and oxygen atoms in total. The normalized spacial score (nSPS) is 22.7. The Kier molecular flexibility index (Phi) is 5.76. The number of halogens is 2. The van der Waals surface area contributed by atoms with E-state index in [9.17, 15) is 13.6 Å². The third-order valence-electron chi connectivity index (χ3n) is 4.39. The van der Waals surface area contributed by atoms with Gasteiger partial charge in [0, 0.05) is 24.7 Å². The van der Waals surface area contributed by atoms with E-state index in [-0.39, 0.29) is 23.9 Å². The van der Waals surface area contributed by atoms with Crippen LogP contribution in [-0.2, 0) is 14.3 Å². The molecule has 0 aliphatic carbocycles. The summed E-state index contributed by atoms with van der Waals surface area (Å²) in [6.45, 7) is 2.74. The number of carbonyl (C=O) groups excluding carboxylic acids is 1. The highest BCUT2D eigenvalue weighted by Crippen LogP contribution is 2.21. The van der Waals surface area contributed by atoms with Crippen molar-refractivity contribution >= 4 is 11.6 Å². The zero-order valence-corrected chi connectivity index (χ0v) is 13.5. The molecular formula is C17H22F2N2O3. The van der Waals surface area contributed by atoms with Crippen LogP contribution >= 0.6 is 0 Å². The van der Waals surface area contributed by atoms with Crippen LogP contribution in [-0.4, -0.2) is 49.4 Å². The molecule has 0 unspecified atom stereocenters. The van der Waals surface area contributed by atoms with Crippen LogP contribution in [0.25, 0.3) is 0 Å². The molecule has 1 atom stereocenters. The van der Waals surface area contributed by atoms with E-state index in [4.69, 9.17) is 9.47 Å². The minimum Gasteiger partial charge on any atom is -0.350 e. The fraction of sp³-hybridized carbons (Fsp3) is 0.588. The smallest absolute Gasteiger partial charge is 0.241 e. The van der Waals surface area contributed by atoms with Crippen LogP contribution in [0.4, 0.5) is 14.5 Å². The lowest BCUT2D eigenvalue weighted by atomic mass is 10.0. The van der Waals surface area contributed by atoms with Gasteiger partial charge in [-0.1, -0.05) is 6.42 Å². The Morgan fingerprint density at radius 2 is 1.88 bits per heavy atom. The Morgan fingerprint density at radius 3 is 2.58 bits per heavy atom. The quantitative estimate of drug-likeness (QED) is 0.895. The van der Waals surface area contributed by atoms with Crippen LogP contribution in [0, 0.1) is 11.6 Å². The molecule has 132 valence electrons. The molecule has 3 rings (SSSR count). The van der Waals surface area contributed by atoms with Crippen LogP contribution in [0.2, 0.25) is 0 Å². The van der Waals surface area contributed by atoms with Crippen molar-refractivity contribution in [1.29, 1.82) is 0 Å². The van der Waals surface area contributed by atoms with Crippen molar-refractivity contribution in [1.82, 2.24) is 4.90 Å². The second-order valence-corrected chi connectivity index (χ2v) is 6.15. The molecule has 1 N–H and O–H groups in total. The summed E-state index contributed by atoms with van der Waals surface area (Å²) in [5.41, 5.74) is 0.144. The van der Waals surface area contributed by atoms with Gasteiger partial charge in [0.15, 0.2) is 6.29 Å². The Balaban J connectivity index is 1.59. The van der Waals surface area contributed by atoms with Crippen molar-refractivity contribution in [2.75, 3.05) is 31.6 Å². The number of nitrogens with one attached hydrogen (secondary N) is 1. The Bertz CT molecular complexity index is 559. The molecule has 0 saturated carbocycles. The highest BCUT2D eigenvalue weighted by atomic mass is 19.1. The molecule has 2 aliphatic rings. The molecule has 1 amide bonds. The minimum atomic E-state index is -0.707. The number of carbonyl (C=O) groups is 1. The van der Waals surface area contributed by atoms with Crippen LogP contribution in [0.3, 0.4) is 0 Å². The standard InChI is InChI=1S/C17H22F2N2O3/c18-12-9-13(19)11-14(10-12)20-17(22)15-3-1-2-5-21(15)6-4-16-23-7-8-24-16/h9-11,15-16H,1-8H2,(H,20,22)/t15-/m0/s1. The van der Waals surface area contributed by atoms with Gasteiger partial charge in [-0.05, 0) is 31.5 Å². The first-order valence-corrected chi connectivity index (χ1v) is 8.36. The Morgan fingerprint density at radius 1 is 1.17 bits per heavy atom. The van der Waals surface area contributed by atoms with E-state index in [1.807, 2.05) is 0 Å². The summed E-state index contributed by atoms with van der Waals surface area (Å²) in [5, 5.41) is 2.63. The molecule has 1 aromatic carbocycles. The summed E-state index contributed by atoms with van der Waals surface area (Å²) in [4.78, 5) is 14.6. The average molecular weight is 340 g/mol. The number of ether oxygens (including phenoxy) is 2. The maximum atomic E-state index is 13.3. The Hall–Kier alpha value is -1.57. The molecule has 24 heavy (non-hydrogen) atoms. The first-order chi connectivity index (χ1) is 11.6. The van der Waals surface area contributed by atoms with Gasteiger partial charge in [0.25, 0.3) is 0 Å². The third-order valence-corrected chi connectivity index (χ3v) is 4.39. The monoisotopic (exact) mass is 340 g/mol. The lowest BCUT2D eigenvalue weighted by Crippen LogP contribution is -2.48. The molecule has 0 radical (unpaired) electrons. The largest absolute Gasteiger partial charge is 0.350 e. The summed E-state index contributed by atoms with van der Waals surface area (Å²) in [6, 6.07) is 2.72. The number of rotatable bonds is 5. The highest BCUT2D eigenvalue weighted by molar-refractivity contribution is 5.94. The zero-order chi connectivity index (χ0) is 16.9. The number of benzene rings is 1. The van der Waals surface area contributed by atoms with E-state index in [1.54, 1.807) is 0 Å². The summed E-state index contributed by atoms with van der Waals surface area (Å²) >= 11 is 0. The second-order valence-electron chi connectivity index (χ2n) is 6.15. The van der Waals surface area contributed by atoms with E-state index in [2.05, 4.69) is 10.2 Å². The first-order valence-electron chi connectivity index (χ1n) is 8.36. The van der Waals surface area contributed by atoms with Crippen molar-refractivity contribution in [3.8, 4) is 0 Å². The topological polar surface area (TPSA) is 50.8 Å². The van der Waals surface area contributed by atoms with Crippen LogP contribution < -0.4 is 5.32 Å². The van der Waals surface area contributed by atoms with Crippen molar-refractivity contribution in [2.24, 2.45) is 0 Å². The first kappa shape index (κ1) is 17.3. The van der Waals surface area contributed by atoms with E-state index >= 15 is 0 Å². The van der Waals surface area contributed by atoms with E-state index in [0.717, 1.165) is 44.0 Å². The van der Waals surface area contributed by atoms with Gasteiger partial charge in [0.05, 0.1) is 19.3 Å². The summed E-state index contributed by atoms with van der Waals surface area (Å²) in [5.74, 6) is -1.64. The van der Waals surface area contributed by atoms with Crippen LogP contribution in [0.5, 0.6) is 0 Å². The summed E-state index contributed by atoms with van der Waals surface area (Å²) in [7, 11) is 0. The number of piperidine rings is 1. The van der Waals surface area contributed by atoms with Gasteiger partial charge in [0.2, 0.25) is 5.91 Å². The van der Waals surface area contributed by atoms with Crippen molar-refractivity contribution in [3.63, 3.8) is 0 Å². The average Bonchev–Trinajstić information content (AvgIpc) is 3.05. The van der Waals surface area contributed by atoms with E-state index in [1.165, 1.54) is 0 Å². The molecule has 0 spiro atoms. The number of hydrogen-bond acceptors (Lipinski definition) is 4. The molecular weight excluding hydrogens is 318 g/mol.